The van der Waals surface area contributed by atoms with Crippen LogP contribution in [0.5, 0.6) is 0 Å². The molecule has 0 aliphatic rings. The zero-order valence-electron chi connectivity index (χ0n) is 29.7. The number of amides is 4. The van der Waals surface area contributed by atoms with Gasteiger partial charge in [-0.1, -0.05) is 77.1 Å². The number of hydrogen-bond donors (Lipinski definition) is 4. The molecule has 0 aromatic heterocycles. The Labute approximate surface area is 294 Å². The number of carbonyl (C=O) groups is 4. The van der Waals surface area contributed by atoms with Gasteiger partial charge in [0.05, 0.1) is 0 Å². The first-order valence-electron chi connectivity index (χ1n) is 17.4. The highest BCUT2D eigenvalue weighted by atomic mass is 19.2. The summed E-state index contributed by atoms with van der Waals surface area (Å²) in [4.78, 5) is 55.0. The summed E-state index contributed by atoms with van der Waals surface area (Å²) in [7, 11) is 0. The summed E-state index contributed by atoms with van der Waals surface area (Å²) in [6.45, 7) is 10.8. The Bertz CT molecular complexity index is 1580. The molecule has 50 heavy (non-hydrogen) atoms. The Balaban J connectivity index is 1.76. The smallest absolute Gasteiger partial charge is 0.253 e. The van der Waals surface area contributed by atoms with Gasteiger partial charge in [0.15, 0.2) is 11.6 Å². The van der Waals surface area contributed by atoms with Crippen LogP contribution >= 0.6 is 0 Å². The third kappa shape index (κ3) is 11.8. The number of benzene rings is 3. The third-order valence-electron chi connectivity index (χ3n) is 8.55. The number of hydrogen-bond acceptors (Lipinski definition) is 5. The van der Waals surface area contributed by atoms with E-state index in [1.165, 1.54) is 12.1 Å². The van der Waals surface area contributed by atoms with Crippen LogP contribution in [0.1, 0.15) is 85.7 Å². The molecule has 4 atom stereocenters. The van der Waals surface area contributed by atoms with Crippen LogP contribution in [0.25, 0.3) is 0 Å². The lowest BCUT2D eigenvalue weighted by Crippen LogP contribution is -2.53. The van der Waals surface area contributed by atoms with Crippen molar-refractivity contribution in [1.29, 1.82) is 0 Å². The van der Waals surface area contributed by atoms with Crippen LogP contribution in [0.15, 0.2) is 72.8 Å². The summed E-state index contributed by atoms with van der Waals surface area (Å²) in [6.07, 6.45) is 1.75. The predicted octanol–water partition coefficient (Wildman–Crippen LogP) is 5.38. The third-order valence-corrected chi connectivity index (χ3v) is 8.55. The summed E-state index contributed by atoms with van der Waals surface area (Å²) in [5.74, 6) is -4.28. The van der Waals surface area contributed by atoms with Crippen molar-refractivity contribution < 1.29 is 28.0 Å². The first-order valence-corrected chi connectivity index (χ1v) is 17.4. The lowest BCUT2D eigenvalue weighted by Gasteiger charge is -2.29. The minimum atomic E-state index is -1.03. The average Bonchev–Trinajstić information content (AvgIpc) is 3.10. The first kappa shape index (κ1) is 39.8. The molecule has 0 radical (unpaired) electrons. The predicted molar refractivity (Wildman–Crippen MR) is 191 cm³/mol. The Hall–Kier alpha value is -4.64. The van der Waals surface area contributed by atoms with E-state index in [0.717, 1.165) is 30.5 Å². The van der Waals surface area contributed by atoms with E-state index in [1.54, 1.807) is 30.0 Å². The second kappa shape index (κ2) is 19.5. The van der Waals surface area contributed by atoms with E-state index in [0.29, 0.717) is 30.8 Å². The van der Waals surface area contributed by atoms with Crippen LogP contribution in [0, 0.1) is 23.5 Å². The van der Waals surface area contributed by atoms with E-state index in [-0.39, 0.29) is 42.0 Å². The molecule has 11 heteroatoms. The monoisotopic (exact) mass is 691 g/mol. The van der Waals surface area contributed by atoms with Crippen molar-refractivity contribution in [2.75, 3.05) is 13.1 Å². The SMILES string of the molecule is CCCN(CCC)C(=O)c1cccc(C(=O)N[C@@H](Cc2ccc(F)c(F)c2)[C@@H](N)C[C@@H](C)C(=O)N[C@H](C(=O)NCc2ccccc2)C(C)C)c1. The normalized spacial score (nSPS) is 13.5. The van der Waals surface area contributed by atoms with Crippen molar-refractivity contribution in [2.45, 2.75) is 85.0 Å². The van der Waals surface area contributed by atoms with Gasteiger partial charge in [-0.3, -0.25) is 19.2 Å². The van der Waals surface area contributed by atoms with Gasteiger partial charge >= 0.3 is 0 Å². The van der Waals surface area contributed by atoms with Gasteiger partial charge in [0, 0.05) is 48.8 Å². The molecule has 9 nitrogen and oxygen atoms in total. The van der Waals surface area contributed by atoms with Crippen molar-refractivity contribution in [1.82, 2.24) is 20.9 Å². The second-order valence-corrected chi connectivity index (χ2v) is 13.1. The van der Waals surface area contributed by atoms with Crippen LogP contribution in [-0.4, -0.2) is 59.7 Å². The molecular weight excluding hydrogens is 640 g/mol. The van der Waals surface area contributed by atoms with E-state index in [2.05, 4.69) is 16.0 Å². The molecule has 0 fully saturated rings. The molecule has 0 aliphatic carbocycles. The quantitative estimate of drug-likeness (QED) is 0.142. The molecule has 0 saturated carbocycles. The Kier molecular flexibility index (Phi) is 15.5. The zero-order chi connectivity index (χ0) is 36.8. The van der Waals surface area contributed by atoms with Crippen molar-refractivity contribution >= 4 is 23.6 Å². The largest absolute Gasteiger partial charge is 0.350 e. The molecule has 0 unspecified atom stereocenters. The van der Waals surface area contributed by atoms with Gasteiger partial charge in [-0.15, -0.1) is 0 Å². The fourth-order valence-electron chi connectivity index (χ4n) is 5.72. The van der Waals surface area contributed by atoms with Crippen molar-refractivity contribution in [3.8, 4) is 0 Å². The minimum Gasteiger partial charge on any atom is -0.350 e. The highest BCUT2D eigenvalue weighted by molar-refractivity contribution is 5.99. The molecule has 0 bridgehead atoms. The molecule has 3 aromatic carbocycles. The molecule has 0 saturated heterocycles. The molecule has 0 spiro atoms. The van der Waals surface area contributed by atoms with E-state index in [9.17, 15) is 28.0 Å². The molecular formula is C39H51F2N5O4. The molecule has 4 amide bonds. The van der Waals surface area contributed by atoms with Crippen LogP contribution in [-0.2, 0) is 22.6 Å². The van der Waals surface area contributed by atoms with Gasteiger partial charge in [-0.05, 0) is 73.1 Å². The molecule has 3 rings (SSSR count). The summed E-state index contributed by atoms with van der Waals surface area (Å²) < 4.78 is 27.9. The van der Waals surface area contributed by atoms with Gasteiger partial charge in [-0.2, -0.15) is 0 Å². The number of nitrogens with one attached hydrogen (secondary N) is 3. The second-order valence-electron chi connectivity index (χ2n) is 13.1. The maximum absolute atomic E-state index is 14.2. The molecule has 5 N–H and O–H groups in total. The van der Waals surface area contributed by atoms with E-state index < -0.39 is 41.6 Å². The van der Waals surface area contributed by atoms with Crippen LogP contribution in [0.2, 0.25) is 0 Å². The van der Waals surface area contributed by atoms with E-state index in [4.69, 9.17) is 5.73 Å². The van der Waals surface area contributed by atoms with E-state index in [1.807, 2.05) is 58.0 Å². The minimum absolute atomic E-state index is 0.0500. The van der Waals surface area contributed by atoms with Gasteiger partial charge in [0.25, 0.3) is 11.8 Å². The summed E-state index contributed by atoms with van der Waals surface area (Å²) in [5.41, 5.74) is 8.58. The molecule has 270 valence electrons. The fourth-order valence-corrected chi connectivity index (χ4v) is 5.72. The molecule has 0 heterocycles. The summed E-state index contributed by atoms with van der Waals surface area (Å²) in [5, 5.41) is 8.64. The van der Waals surface area contributed by atoms with Gasteiger partial charge in [-0.25, -0.2) is 8.78 Å². The van der Waals surface area contributed by atoms with Crippen LogP contribution in [0.4, 0.5) is 8.78 Å². The Morgan fingerprint density at radius 3 is 2.04 bits per heavy atom. The summed E-state index contributed by atoms with van der Waals surface area (Å²) in [6, 6.07) is 16.9. The number of nitrogens with two attached hydrogens (primary N) is 1. The standard InChI is InChI=1S/C39H51F2N5O4/c1-6-18-46(19-7-2)39(50)30-15-11-14-29(23-30)37(48)44-34(22-28-16-17-31(40)32(41)21-28)33(42)20-26(5)36(47)45-35(25(3)4)38(49)43-24-27-12-9-8-10-13-27/h8-17,21,23,25-26,33-35H,6-7,18-20,22,24,42H2,1-5H3,(H,43,49)(H,44,48)(H,45,47)/t26-,33+,34+,35+/m1/s1. The first-order chi connectivity index (χ1) is 23.8. The maximum Gasteiger partial charge on any atom is 0.253 e. The van der Waals surface area contributed by atoms with Gasteiger partial charge in [0.1, 0.15) is 6.04 Å². The van der Waals surface area contributed by atoms with Crippen LogP contribution in [0.3, 0.4) is 0 Å². The number of rotatable bonds is 18. The lowest BCUT2D eigenvalue weighted by molar-refractivity contribution is -0.132. The van der Waals surface area contributed by atoms with E-state index >= 15 is 0 Å². The zero-order valence-corrected chi connectivity index (χ0v) is 29.7. The molecule has 3 aromatic rings. The lowest BCUT2D eigenvalue weighted by atomic mass is 9.91. The number of halogens is 2. The fraction of sp³-hybridized carbons (Fsp3) is 0.436. The van der Waals surface area contributed by atoms with Gasteiger partial charge < -0.3 is 26.6 Å². The number of carbonyl (C=O) groups excluding carboxylic acids is 4. The van der Waals surface area contributed by atoms with Crippen molar-refractivity contribution in [2.24, 2.45) is 17.6 Å². The van der Waals surface area contributed by atoms with Crippen molar-refractivity contribution in [3.05, 3.63) is 107 Å². The topological polar surface area (TPSA) is 134 Å². The maximum atomic E-state index is 14.2. The molecule has 0 aliphatic heterocycles. The summed E-state index contributed by atoms with van der Waals surface area (Å²) >= 11 is 0. The number of nitrogens with zero attached hydrogens (tertiary/aromatic N) is 1. The van der Waals surface area contributed by atoms with Crippen LogP contribution < -0.4 is 21.7 Å². The Morgan fingerprint density at radius 2 is 1.42 bits per heavy atom. The van der Waals surface area contributed by atoms with Crippen molar-refractivity contribution in [3.63, 3.8) is 0 Å². The highest BCUT2D eigenvalue weighted by Crippen LogP contribution is 2.17. The average molecular weight is 692 g/mol. The van der Waals surface area contributed by atoms with Gasteiger partial charge in [0.2, 0.25) is 11.8 Å². The Morgan fingerprint density at radius 1 is 0.760 bits per heavy atom. The highest BCUT2D eigenvalue weighted by Gasteiger charge is 2.30.